The summed E-state index contributed by atoms with van der Waals surface area (Å²) in [6, 6.07) is 9.99. The molecule has 0 aromatic heterocycles. The third-order valence-electron chi connectivity index (χ3n) is 5.10. The quantitative estimate of drug-likeness (QED) is 0.334. The summed E-state index contributed by atoms with van der Waals surface area (Å²) in [5.41, 5.74) is -1.82. The molecule has 1 aliphatic heterocycles. The summed E-state index contributed by atoms with van der Waals surface area (Å²) in [6.07, 6.45) is -4.84. The average Bonchev–Trinajstić information content (AvgIpc) is 2.73. The van der Waals surface area contributed by atoms with Crippen LogP contribution in [0.4, 0.5) is 29.3 Å². The number of para-hydroxylation sites is 1. The first kappa shape index (κ1) is 24.6. The van der Waals surface area contributed by atoms with Crippen molar-refractivity contribution in [3.63, 3.8) is 0 Å². The number of carbonyl (C=O) groups excluding carboxylic acids is 1. The molecule has 0 N–H and O–H groups in total. The lowest BCUT2D eigenvalue weighted by Gasteiger charge is -2.39. The van der Waals surface area contributed by atoms with E-state index in [1.54, 1.807) is 6.07 Å². The molecular formula is C21H11Cl3F3N2O4S-. The molecule has 3 aromatic rings. The van der Waals surface area contributed by atoms with Crippen molar-refractivity contribution in [1.82, 2.24) is 4.31 Å². The van der Waals surface area contributed by atoms with Crippen LogP contribution in [0.1, 0.15) is 11.1 Å². The van der Waals surface area contributed by atoms with Crippen LogP contribution < -0.4 is 4.90 Å². The largest absolute Gasteiger partial charge is 0.731 e. The Hall–Kier alpha value is -2.50. The average molecular weight is 551 g/mol. The molecule has 3 aromatic carbocycles. The van der Waals surface area contributed by atoms with Gasteiger partial charge in [-0.3, -0.25) is 4.90 Å². The number of halogens is 6. The lowest BCUT2D eigenvalue weighted by Crippen LogP contribution is -2.48. The van der Waals surface area contributed by atoms with Crippen LogP contribution >= 0.6 is 34.8 Å². The summed E-state index contributed by atoms with van der Waals surface area (Å²) in [5, 5.41) is -0.248. The summed E-state index contributed by atoms with van der Waals surface area (Å²) in [5.74, 6) is 0. The second-order valence-electron chi connectivity index (χ2n) is 7.15. The molecule has 0 aliphatic carbocycles. The highest BCUT2D eigenvalue weighted by Gasteiger charge is 2.41. The Morgan fingerprint density at radius 3 is 2.03 bits per heavy atom. The summed E-state index contributed by atoms with van der Waals surface area (Å²) in [6.45, 7) is -0.822. The Morgan fingerprint density at radius 1 is 0.882 bits per heavy atom. The number of urea groups is 1. The molecular weight excluding hydrogens is 540 g/mol. The molecule has 0 bridgehead atoms. The monoisotopic (exact) mass is 549 g/mol. The number of nitrogens with zero attached hydrogens (tertiary/aromatic N) is 2. The number of alkyl halides is 3. The van der Waals surface area contributed by atoms with E-state index in [9.17, 15) is 30.9 Å². The zero-order valence-corrected chi connectivity index (χ0v) is 19.7. The van der Waals surface area contributed by atoms with E-state index in [1.165, 1.54) is 36.4 Å². The highest BCUT2D eigenvalue weighted by Crippen LogP contribution is 2.48. The van der Waals surface area contributed by atoms with Crippen molar-refractivity contribution in [1.29, 1.82) is 0 Å². The molecule has 1 heterocycles. The standard InChI is InChI=1S/C21H12Cl3F3N2O4S/c22-15-5-2-1-4-12(15)13-8-11(21(25,26)27)9-18-14(13)10-28(34(31,32)33)20(30)29(18)19-16(23)6-3-7-17(19)24/h1-9H,10H2,(H,31,32,33)/p-1. The van der Waals surface area contributed by atoms with Gasteiger partial charge in [0.05, 0.1) is 33.5 Å². The van der Waals surface area contributed by atoms with Crippen LogP contribution in [0.5, 0.6) is 0 Å². The summed E-state index contributed by atoms with van der Waals surface area (Å²) in [4.78, 5) is 13.8. The van der Waals surface area contributed by atoms with E-state index < -0.39 is 34.6 Å². The van der Waals surface area contributed by atoms with Crippen LogP contribution in [0.25, 0.3) is 11.1 Å². The van der Waals surface area contributed by atoms with E-state index in [0.29, 0.717) is 11.0 Å². The van der Waals surface area contributed by atoms with Gasteiger partial charge in [-0.05, 0) is 35.9 Å². The highest BCUT2D eigenvalue weighted by molar-refractivity contribution is 7.83. The van der Waals surface area contributed by atoms with Crippen molar-refractivity contribution < 1.29 is 30.9 Å². The number of hydrogen-bond donors (Lipinski definition) is 0. The normalized spacial score (nSPS) is 14.4. The van der Waals surface area contributed by atoms with Gasteiger partial charge in [0, 0.05) is 16.1 Å². The number of benzene rings is 3. The first-order valence-corrected chi connectivity index (χ1v) is 11.8. The zero-order valence-electron chi connectivity index (χ0n) is 16.6. The summed E-state index contributed by atoms with van der Waals surface area (Å²) < 4.78 is 77.4. The van der Waals surface area contributed by atoms with Gasteiger partial charge in [0.2, 0.25) is 0 Å². The molecule has 0 fully saturated rings. The molecule has 4 rings (SSSR count). The van der Waals surface area contributed by atoms with Crippen molar-refractivity contribution in [2.24, 2.45) is 0 Å². The van der Waals surface area contributed by atoms with Crippen molar-refractivity contribution >= 4 is 62.5 Å². The third-order valence-corrected chi connectivity index (χ3v) is 6.86. The van der Waals surface area contributed by atoms with Gasteiger partial charge in [0.15, 0.2) is 10.3 Å². The maximum absolute atomic E-state index is 13.9. The maximum Gasteiger partial charge on any atom is 0.416 e. The van der Waals surface area contributed by atoms with Crippen LogP contribution in [0.15, 0.2) is 54.6 Å². The van der Waals surface area contributed by atoms with Crippen molar-refractivity contribution in [2.75, 3.05) is 4.90 Å². The molecule has 0 saturated carbocycles. The Balaban J connectivity index is 2.15. The number of hydrogen-bond acceptors (Lipinski definition) is 4. The lowest BCUT2D eigenvalue weighted by atomic mass is 9.93. The van der Waals surface area contributed by atoms with E-state index in [2.05, 4.69) is 0 Å². The van der Waals surface area contributed by atoms with Crippen molar-refractivity contribution in [2.45, 2.75) is 12.7 Å². The lowest BCUT2D eigenvalue weighted by molar-refractivity contribution is -0.137. The predicted molar refractivity (Wildman–Crippen MR) is 121 cm³/mol. The number of rotatable bonds is 3. The molecule has 0 atom stereocenters. The molecule has 13 heteroatoms. The van der Waals surface area contributed by atoms with Crippen molar-refractivity contribution in [3.8, 4) is 11.1 Å². The van der Waals surface area contributed by atoms with Gasteiger partial charge in [-0.2, -0.15) is 13.2 Å². The van der Waals surface area contributed by atoms with Gasteiger partial charge in [0.25, 0.3) is 0 Å². The maximum atomic E-state index is 13.9. The number of carbonyl (C=O) groups is 1. The van der Waals surface area contributed by atoms with E-state index in [0.717, 1.165) is 6.07 Å². The Kier molecular flexibility index (Phi) is 6.24. The van der Waals surface area contributed by atoms with E-state index in [-0.39, 0.29) is 47.4 Å². The van der Waals surface area contributed by atoms with Crippen molar-refractivity contribution in [3.05, 3.63) is 80.8 Å². The smallest absolute Gasteiger partial charge is 0.416 e. The third kappa shape index (κ3) is 4.32. The highest BCUT2D eigenvalue weighted by atomic mass is 35.5. The minimum Gasteiger partial charge on any atom is -0.731 e. The van der Waals surface area contributed by atoms with Crippen LogP contribution in [-0.2, 0) is 23.0 Å². The van der Waals surface area contributed by atoms with Gasteiger partial charge < -0.3 is 4.55 Å². The van der Waals surface area contributed by atoms with E-state index in [4.69, 9.17) is 34.8 Å². The fourth-order valence-corrected chi connectivity index (χ4v) is 4.99. The summed E-state index contributed by atoms with van der Waals surface area (Å²) >= 11 is 18.6. The van der Waals surface area contributed by atoms with Gasteiger partial charge >= 0.3 is 12.2 Å². The van der Waals surface area contributed by atoms with Crippen LogP contribution in [0, 0.1) is 0 Å². The van der Waals surface area contributed by atoms with Gasteiger partial charge in [-0.1, -0.05) is 59.1 Å². The zero-order chi connectivity index (χ0) is 25.0. The minimum atomic E-state index is -5.38. The number of anilines is 2. The fraction of sp³-hybridized carbons (Fsp3) is 0.0952. The predicted octanol–water partition coefficient (Wildman–Crippen LogP) is 6.87. The van der Waals surface area contributed by atoms with Gasteiger partial charge in [0.1, 0.15) is 0 Å². The van der Waals surface area contributed by atoms with E-state index >= 15 is 0 Å². The summed E-state index contributed by atoms with van der Waals surface area (Å²) in [7, 11) is -5.38. The second-order valence-corrected chi connectivity index (χ2v) is 9.67. The second kappa shape index (κ2) is 8.62. The molecule has 6 nitrogen and oxygen atoms in total. The fourth-order valence-electron chi connectivity index (χ4n) is 3.63. The Morgan fingerprint density at radius 2 is 1.47 bits per heavy atom. The molecule has 0 saturated heterocycles. The first-order chi connectivity index (χ1) is 15.8. The van der Waals surface area contributed by atoms with Gasteiger partial charge in [-0.25, -0.2) is 17.5 Å². The topological polar surface area (TPSA) is 80.8 Å². The molecule has 1 aliphatic rings. The SMILES string of the molecule is O=C1N(c2c(Cl)cccc2Cl)c2cc(C(F)(F)F)cc(-c3ccccc3Cl)c2CN1S(=O)(=O)[O-]. The Labute approximate surface area is 206 Å². The molecule has 34 heavy (non-hydrogen) atoms. The molecule has 178 valence electrons. The Bertz CT molecular complexity index is 1410. The van der Waals surface area contributed by atoms with Crippen LogP contribution in [-0.4, -0.2) is 23.3 Å². The molecule has 2 amide bonds. The number of fused-ring (bicyclic) bond motifs is 1. The van der Waals surface area contributed by atoms with Crippen LogP contribution in [0.2, 0.25) is 15.1 Å². The number of amides is 2. The molecule has 0 spiro atoms. The van der Waals surface area contributed by atoms with E-state index in [1.807, 2.05) is 0 Å². The first-order valence-electron chi connectivity index (χ1n) is 9.31. The molecule has 0 radical (unpaired) electrons. The minimum absolute atomic E-state index is 0.0113. The molecule has 0 unspecified atom stereocenters. The van der Waals surface area contributed by atoms with Gasteiger partial charge in [-0.15, -0.1) is 0 Å². The van der Waals surface area contributed by atoms with Crippen LogP contribution in [0.3, 0.4) is 0 Å².